The standard InChI is InChI=1S/C14H12BrF2NO/c1-19-11-4-2-3-9(5-11)8-18-14-12(16)6-10(15)7-13(14)17/h2-7,18H,8H2,1H3. The highest BCUT2D eigenvalue weighted by molar-refractivity contribution is 9.10. The second-order valence-electron chi connectivity index (χ2n) is 3.95. The normalized spacial score (nSPS) is 10.3. The van der Waals surface area contributed by atoms with Gasteiger partial charge >= 0.3 is 0 Å². The average Bonchev–Trinajstić information content (AvgIpc) is 2.37. The maximum atomic E-state index is 13.6. The second-order valence-corrected chi connectivity index (χ2v) is 4.87. The number of methoxy groups -OCH3 is 1. The molecule has 0 atom stereocenters. The Hall–Kier alpha value is -1.62. The first kappa shape index (κ1) is 13.8. The summed E-state index contributed by atoms with van der Waals surface area (Å²) in [7, 11) is 1.57. The monoisotopic (exact) mass is 327 g/mol. The van der Waals surface area contributed by atoms with Gasteiger partial charge in [0, 0.05) is 11.0 Å². The molecule has 0 fully saturated rings. The van der Waals surface area contributed by atoms with Crippen LogP contribution in [0.5, 0.6) is 5.75 Å². The highest BCUT2D eigenvalue weighted by atomic mass is 79.9. The van der Waals surface area contributed by atoms with Crippen molar-refractivity contribution >= 4 is 21.6 Å². The van der Waals surface area contributed by atoms with E-state index in [0.717, 1.165) is 5.56 Å². The number of benzene rings is 2. The van der Waals surface area contributed by atoms with Gasteiger partial charge in [0.1, 0.15) is 23.1 Å². The molecule has 0 aromatic heterocycles. The van der Waals surface area contributed by atoms with E-state index in [9.17, 15) is 8.78 Å². The van der Waals surface area contributed by atoms with Crippen LogP contribution in [0.1, 0.15) is 5.56 Å². The fourth-order valence-corrected chi connectivity index (χ4v) is 2.09. The first-order chi connectivity index (χ1) is 9.10. The summed E-state index contributed by atoms with van der Waals surface area (Å²) in [5, 5.41) is 2.75. The van der Waals surface area contributed by atoms with Crippen LogP contribution in [0, 0.1) is 11.6 Å². The zero-order valence-electron chi connectivity index (χ0n) is 10.2. The summed E-state index contributed by atoms with van der Waals surface area (Å²) in [5.41, 5.74) is 0.743. The molecule has 0 heterocycles. The third kappa shape index (κ3) is 3.44. The van der Waals surface area contributed by atoms with Crippen molar-refractivity contribution in [1.82, 2.24) is 0 Å². The summed E-state index contributed by atoms with van der Waals surface area (Å²) in [6.07, 6.45) is 0. The molecular formula is C14H12BrF2NO. The molecule has 100 valence electrons. The van der Waals surface area contributed by atoms with Crippen LogP contribution in [0.2, 0.25) is 0 Å². The second kappa shape index (κ2) is 6.02. The molecule has 0 unspecified atom stereocenters. The molecule has 2 nitrogen and oxygen atoms in total. The molecule has 2 aromatic carbocycles. The average molecular weight is 328 g/mol. The van der Waals surface area contributed by atoms with Gasteiger partial charge in [-0.3, -0.25) is 0 Å². The van der Waals surface area contributed by atoms with Gasteiger partial charge in [-0.05, 0) is 29.8 Å². The molecule has 0 bridgehead atoms. The van der Waals surface area contributed by atoms with Crippen LogP contribution in [0.3, 0.4) is 0 Å². The Morgan fingerprint density at radius 1 is 1.16 bits per heavy atom. The smallest absolute Gasteiger partial charge is 0.150 e. The zero-order valence-corrected chi connectivity index (χ0v) is 11.8. The van der Waals surface area contributed by atoms with E-state index >= 15 is 0 Å². The van der Waals surface area contributed by atoms with Crippen molar-refractivity contribution in [2.24, 2.45) is 0 Å². The molecule has 0 radical (unpaired) electrons. The molecule has 0 saturated heterocycles. The van der Waals surface area contributed by atoms with Crippen LogP contribution in [0.4, 0.5) is 14.5 Å². The van der Waals surface area contributed by atoms with E-state index in [0.29, 0.717) is 16.8 Å². The number of hydrogen-bond donors (Lipinski definition) is 1. The van der Waals surface area contributed by atoms with E-state index in [4.69, 9.17) is 4.74 Å². The van der Waals surface area contributed by atoms with Crippen LogP contribution in [0.25, 0.3) is 0 Å². The Balaban J connectivity index is 2.14. The topological polar surface area (TPSA) is 21.3 Å². The Morgan fingerprint density at radius 2 is 1.84 bits per heavy atom. The number of ether oxygens (including phenoxy) is 1. The van der Waals surface area contributed by atoms with Gasteiger partial charge in [-0.1, -0.05) is 28.1 Å². The summed E-state index contributed by atoms with van der Waals surface area (Å²) in [6, 6.07) is 9.73. The number of rotatable bonds is 4. The van der Waals surface area contributed by atoms with E-state index in [1.807, 2.05) is 24.3 Å². The van der Waals surface area contributed by atoms with E-state index < -0.39 is 11.6 Å². The third-order valence-electron chi connectivity index (χ3n) is 2.61. The predicted molar refractivity (Wildman–Crippen MR) is 74.4 cm³/mol. The highest BCUT2D eigenvalue weighted by Gasteiger charge is 2.10. The Morgan fingerprint density at radius 3 is 2.47 bits per heavy atom. The van der Waals surface area contributed by atoms with Crippen LogP contribution in [-0.2, 0) is 6.54 Å². The van der Waals surface area contributed by atoms with Crippen LogP contribution >= 0.6 is 15.9 Å². The largest absolute Gasteiger partial charge is 0.497 e. The van der Waals surface area contributed by atoms with Crippen molar-refractivity contribution in [1.29, 1.82) is 0 Å². The lowest BCUT2D eigenvalue weighted by Gasteiger charge is -2.10. The maximum absolute atomic E-state index is 13.6. The molecule has 0 amide bonds. The lowest BCUT2D eigenvalue weighted by Crippen LogP contribution is -2.04. The van der Waals surface area contributed by atoms with Crippen molar-refractivity contribution in [2.75, 3.05) is 12.4 Å². The van der Waals surface area contributed by atoms with Crippen molar-refractivity contribution in [3.63, 3.8) is 0 Å². The van der Waals surface area contributed by atoms with Gasteiger partial charge in [0.15, 0.2) is 0 Å². The number of nitrogens with one attached hydrogen (secondary N) is 1. The lowest BCUT2D eigenvalue weighted by molar-refractivity contribution is 0.414. The number of anilines is 1. The Bertz CT molecular complexity index is 566. The molecule has 2 rings (SSSR count). The molecular weight excluding hydrogens is 316 g/mol. The van der Waals surface area contributed by atoms with Crippen molar-refractivity contribution in [3.05, 3.63) is 58.1 Å². The van der Waals surface area contributed by atoms with Crippen molar-refractivity contribution in [2.45, 2.75) is 6.54 Å². The van der Waals surface area contributed by atoms with E-state index in [1.165, 1.54) is 12.1 Å². The number of halogens is 3. The van der Waals surface area contributed by atoms with Gasteiger partial charge in [0.05, 0.1) is 7.11 Å². The highest BCUT2D eigenvalue weighted by Crippen LogP contribution is 2.24. The molecule has 0 aliphatic rings. The molecule has 0 aliphatic carbocycles. The molecule has 0 aliphatic heterocycles. The minimum Gasteiger partial charge on any atom is -0.497 e. The fourth-order valence-electron chi connectivity index (χ4n) is 1.68. The van der Waals surface area contributed by atoms with Crippen LogP contribution in [0.15, 0.2) is 40.9 Å². The van der Waals surface area contributed by atoms with E-state index in [-0.39, 0.29) is 5.69 Å². The quantitative estimate of drug-likeness (QED) is 0.901. The van der Waals surface area contributed by atoms with Crippen molar-refractivity contribution in [3.8, 4) is 5.75 Å². The zero-order chi connectivity index (χ0) is 13.8. The minimum atomic E-state index is -0.630. The van der Waals surface area contributed by atoms with E-state index in [2.05, 4.69) is 21.2 Å². The van der Waals surface area contributed by atoms with Crippen LogP contribution in [-0.4, -0.2) is 7.11 Å². The summed E-state index contributed by atoms with van der Waals surface area (Å²) in [4.78, 5) is 0. The first-order valence-corrected chi connectivity index (χ1v) is 6.41. The fraction of sp³-hybridized carbons (Fsp3) is 0.143. The summed E-state index contributed by atoms with van der Waals surface area (Å²) in [5.74, 6) is -0.555. The van der Waals surface area contributed by atoms with Gasteiger partial charge < -0.3 is 10.1 Å². The van der Waals surface area contributed by atoms with Gasteiger partial charge in [-0.15, -0.1) is 0 Å². The summed E-state index contributed by atoms with van der Waals surface area (Å²) in [6.45, 7) is 0.312. The lowest BCUT2D eigenvalue weighted by atomic mass is 10.2. The van der Waals surface area contributed by atoms with Gasteiger partial charge in [0.2, 0.25) is 0 Å². The predicted octanol–water partition coefficient (Wildman–Crippen LogP) is 4.35. The van der Waals surface area contributed by atoms with Crippen molar-refractivity contribution < 1.29 is 13.5 Å². The third-order valence-corrected chi connectivity index (χ3v) is 3.07. The van der Waals surface area contributed by atoms with Crippen LogP contribution < -0.4 is 10.1 Å². The molecule has 0 saturated carbocycles. The maximum Gasteiger partial charge on any atom is 0.150 e. The minimum absolute atomic E-state index is 0.133. The van der Waals surface area contributed by atoms with Gasteiger partial charge in [-0.25, -0.2) is 8.78 Å². The Labute approximate surface area is 118 Å². The SMILES string of the molecule is COc1cccc(CNc2c(F)cc(Br)cc2F)c1. The molecule has 19 heavy (non-hydrogen) atoms. The molecule has 0 spiro atoms. The molecule has 1 N–H and O–H groups in total. The summed E-state index contributed by atoms with van der Waals surface area (Å²) >= 11 is 3.04. The van der Waals surface area contributed by atoms with E-state index in [1.54, 1.807) is 7.11 Å². The van der Waals surface area contributed by atoms with Gasteiger partial charge in [-0.2, -0.15) is 0 Å². The Kier molecular flexibility index (Phi) is 4.37. The molecule has 5 heteroatoms. The van der Waals surface area contributed by atoms with Gasteiger partial charge in [0.25, 0.3) is 0 Å². The first-order valence-electron chi connectivity index (χ1n) is 5.61. The number of hydrogen-bond acceptors (Lipinski definition) is 2. The molecule has 2 aromatic rings. The summed E-state index contributed by atoms with van der Waals surface area (Å²) < 4.78 is 32.7.